The highest BCUT2D eigenvalue weighted by Gasteiger charge is 2.42. The third-order valence-electron chi connectivity index (χ3n) is 4.66. The highest BCUT2D eigenvalue weighted by Crippen LogP contribution is 2.37. The van der Waals surface area contributed by atoms with E-state index in [9.17, 15) is 23.3 Å². The number of benzene rings is 1. The molecule has 150 valence electrons. The van der Waals surface area contributed by atoms with Gasteiger partial charge in [0.05, 0.1) is 32.9 Å². The molecule has 2 aromatic rings. The van der Waals surface area contributed by atoms with Crippen molar-refractivity contribution in [2.45, 2.75) is 12.5 Å². The number of amides is 1. The fourth-order valence-electron chi connectivity index (χ4n) is 3.32. The molecular formula is C18H14N2O6S3. The van der Waals surface area contributed by atoms with Crippen molar-refractivity contribution < 1.29 is 22.6 Å². The minimum absolute atomic E-state index is 0.0468. The van der Waals surface area contributed by atoms with Gasteiger partial charge in [0.15, 0.2) is 9.84 Å². The van der Waals surface area contributed by atoms with E-state index in [2.05, 4.69) is 0 Å². The Balaban J connectivity index is 1.59. The molecule has 2 fully saturated rings. The van der Waals surface area contributed by atoms with E-state index in [0.717, 1.165) is 11.8 Å². The number of para-hydroxylation sites is 1. The van der Waals surface area contributed by atoms with Gasteiger partial charge in [-0.25, -0.2) is 8.42 Å². The first-order chi connectivity index (χ1) is 13.7. The number of carbonyl (C=O) groups excluding carboxylic acids is 1. The summed E-state index contributed by atoms with van der Waals surface area (Å²) >= 11 is 6.36. The largest absolute Gasteiger partial charge is 0.456 e. The van der Waals surface area contributed by atoms with Crippen molar-refractivity contribution in [1.29, 1.82) is 0 Å². The molecule has 1 atom stereocenters. The highest BCUT2D eigenvalue weighted by atomic mass is 32.2. The summed E-state index contributed by atoms with van der Waals surface area (Å²) in [4.78, 5) is 25.2. The number of rotatable bonds is 4. The standard InChI is InChI=1S/C18H14N2O6S3/c21-17-16(28-18(27)19(17)11-7-8-29(24,25)10-11)9-12-5-6-15(26-12)13-3-1-2-4-14(13)20(22)23/h1-6,9,11H,7-8,10H2/b16-9-/t11-/m0/s1. The van der Waals surface area contributed by atoms with E-state index in [0.29, 0.717) is 32.7 Å². The number of thiocarbonyl (C=S) groups is 1. The first-order valence-electron chi connectivity index (χ1n) is 8.56. The number of furan rings is 1. The lowest BCUT2D eigenvalue weighted by molar-refractivity contribution is -0.384. The van der Waals surface area contributed by atoms with Gasteiger partial charge < -0.3 is 4.42 Å². The zero-order chi connectivity index (χ0) is 20.8. The average molecular weight is 451 g/mol. The molecular weight excluding hydrogens is 436 g/mol. The first kappa shape index (κ1) is 19.8. The van der Waals surface area contributed by atoms with Gasteiger partial charge in [-0.1, -0.05) is 36.1 Å². The van der Waals surface area contributed by atoms with Gasteiger partial charge in [0, 0.05) is 12.1 Å². The summed E-state index contributed by atoms with van der Waals surface area (Å²) in [5, 5.41) is 11.2. The Hall–Kier alpha value is -2.50. The Morgan fingerprint density at radius 3 is 2.72 bits per heavy atom. The van der Waals surface area contributed by atoms with Crippen LogP contribution in [0.1, 0.15) is 12.2 Å². The maximum absolute atomic E-state index is 12.8. The van der Waals surface area contributed by atoms with Crippen molar-refractivity contribution in [1.82, 2.24) is 4.90 Å². The van der Waals surface area contributed by atoms with Crippen molar-refractivity contribution in [3.63, 3.8) is 0 Å². The molecule has 3 heterocycles. The van der Waals surface area contributed by atoms with Crippen LogP contribution in [0.3, 0.4) is 0 Å². The van der Waals surface area contributed by atoms with Gasteiger partial charge in [0.25, 0.3) is 11.6 Å². The van der Waals surface area contributed by atoms with Crippen molar-refractivity contribution in [2.24, 2.45) is 0 Å². The Morgan fingerprint density at radius 2 is 2.03 bits per heavy atom. The second-order valence-electron chi connectivity index (χ2n) is 6.58. The monoisotopic (exact) mass is 450 g/mol. The van der Waals surface area contributed by atoms with Gasteiger partial charge in [-0.3, -0.25) is 19.8 Å². The summed E-state index contributed by atoms with van der Waals surface area (Å²) in [6.45, 7) is 0. The molecule has 8 nitrogen and oxygen atoms in total. The van der Waals surface area contributed by atoms with Gasteiger partial charge in [0.1, 0.15) is 15.8 Å². The molecule has 4 rings (SSSR count). The predicted molar refractivity (Wildman–Crippen MR) is 113 cm³/mol. The molecule has 1 aromatic heterocycles. The van der Waals surface area contributed by atoms with Crippen LogP contribution in [0.2, 0.25) is 0 Å². The van der Waals surface area contributed by atoms with Crippen LogP contribution in [-0.4, -0.2) is 46.0 Å². The van der Waals surface area contributed by atoms with Crippen LogP contribution >= 0.6 is 24.0 Å². The molecule has 0 radical (unpaired) electrons. The number of sulfone groups is 1. The summed E-state index contributed by atoms with van der Waals surface area (Å²) in [7, 11) is -3.15. The number of nitrogens with zero attached hydrogens (tertiary/aromatic N) is 2. The van der Waals surface area contributed by atoms with Crippen LogP contribution in [0.5, 0.6) is 0 Å². The third kappa shape index (κ3) is 3.85. The molecule has 0 spiro atoms. The highest BCUT2D eigenvalue weighted by molar-refractivity contribution is 8.26. The maximum atomic E-state index is 12.8. The van der Waals surface area contributed by atoms with Gasteiger partial charge in [0.2, 0.25) is 0 Å². The van der Waals surface area contributed by atoms with Crippen LogP contribution in [-0.2, 0) is 14.6 Å². The van der Waals surface area contributed by atoms with E-state index in [1.165, 1.54) is 17.0 Å². The third-order valence-corrected chi connectivity index (χ3v) is 7.74. The van der Waals surface area contributed by atoms with Crippen molar-refractivity contribution in [3.05, 3.63) is 57.2 Å². The molecule has 2 aliphatic rings. The molecule has 0 bridgehead atoms. The number of nitro benzene ring substituents is 1. The predicted octanol–water partition coefficient (Wildman–Crippen LogP) is 3.24. The van der Waals surface area contributed by atoms with Crippen LogP contribution in [0.15, 0.2) is 45.7 Å². The van der Waals surface area contributed by atoms with E-state index in [-0.39, 0.29) is 23.1 Å². The molecule has 1 aromatic carbocycles. The lowest BCUT2D eigenvalue weighted by atomic mass is 10.1. The van der Waals surface area contributed by atoms with Gasteiger partial charge in [-0.05, 0) is 24.6 Å². The van der Waals surface area contributed by atoms with E-state index >= 15 is 0 Å². The lowest BCUT2D eigenvalue weighted by Crippen LogP contribution is -2.39. The van der Waals surface area contributed by atoms with Crippen molar-refractivity contribution in [2.75, 3.05) is 11.5 Å². The SMILES string of the molecule is O=C1/C(=C/c2ccc(-c3ccccc3[N+](=O)[O-])o2)SC(=S)N1[C@H]1CCS(=O)(=O)C1. The van der Waals surface area contributed by atoms with Crippen molar-refractivity contribution >= 4 is 55.8 Å². The molecule has 0 N–H and O–H groups in total. The zero-order valence-corrected chi connectivity index (χ0v) is 17.3. The molecule has 2 aliphatic heterocycles. The Morgan fingerprint density at radius 1 is 1.28 bits per heavy atom. The Kier molecular flexibility index (Phi) is 5.05. The lowest BCUT2D eigenvalue weighted by Gasteiger charge is -2.20. The van der Waals surface area contributed by atoms with Crippen molar-refractivity contribution in [3.8, 4) is 11.3 Å². The topological polar surface area (TPSA) is 111 Å². The van der Waals surface area contributed by atoms with E-state index in [1.807, 2.05) is 0 Å². The van der Waals surface area contributed by atoms with Crippen LogP contribution < -0.4 is 0 Å². The van der Waals surface area contributed by atoms with E-state index < -0.39 is 20.8 Å². The molecule has 0 unspecified atom stereocenters. The van der Waals surface area contributed by atoms with E-state index in [4.69, 9.17) is 16.6 Å². The Bertz CT molecular complexity index is 1170. The number of nitro groups is 1. The fourth-order valence-corrected chi connectivity index (χ4v) is 6.40. The normalized spacial score (nSPS) is 22.6. The van der Waals surface area contributed by atoms with Crippen LogP contribution in [0.25, 0.3) is 17.4 Å². The second kappa shape index (κ2) is 7.39. The molecule has 0 aliphatic carbocycles. The molecule has 29 heavy (non-hydrogen) atoms. The van der Waals surface area contributed by atoms with E-state index in [1.54, 1.807) is 30.3 Å². The van der Waals surface area contributed by atoms with Gasteiger partial charge in [-0.2, -0.15) is 0 Å². The van der Waals surface area contributed by atoms with Gasteiger partial charge >= 0.3 is 0 Å². The minimum Gasteiger partial charge on any atom is -0.456 e. The molecule has 1 amide bonds. The molecule has 11 heteroatoms. The smallest absolute Gasteiger partial charge is 0.280 e. The summed E-state index contributed by atoms with van der Waals surface area (Å²) in [5.41, 5.74) is 0.253. The summed E-state index contributed by atoms with van der Waals surface area (Å²) in [5.74, 6) is 0.254. The van der Waals surface area contributed by atoms with Gasteiger partial charge in [-0.15, -0.1) is 0 Å². The number of hydrogen-bond acceptors (Lipinski definition) is 8. The van der Waals surface area contributed by atoms with Crippen LogP contribution in [0, 0.1) is 10.1 Å². The fraction of sp³-hybridized carbons (Fsp3) is 0.222. The number of hydrogen-bond donors (Lipinski definition) is 0. The average Bonchev–Trinajstić information content (AvgIpc) is 3.34. The maximum Gasteiger partial charge on any atom is 0.280 e. The zero-order valence-electron chi connectivity index (χ0n) is 14.8. The molecule has 0 saturated carbocycles. The Labute approximate surface area is 175 Å². The summed E-state index contributed by atoms with van der Waals surface area (Å²) in [6, 6.07) is 8.97. The second-order valence-corrected chi connectivity index (χ2v) is 10.5. The quantitative estimate of drug-likeness (QED) is 0.302. The first-order valence-corrected chi connectivity index (χ1v) is 11.6. The van der Waals surface area contributed by atoms with Crippen LogP contribution in [0.4, 0.5) is 5.69 Å². The minimum atomic E-state index is -3.15. The molecule has 2 saturated heterocycles. The summed E-state index contributed by atoms with van der Waals surface area (Å²) < 4.78 is 29.5. The number of carbonyl (C=O) groups is 1. The number of thioether (sulfide) groups is 1. The summed E-state index contributed by atoms with van der Waals surface area (Å²) in [6.07, 6.45) is 1.88.